The van der Waals surface area contributed by atoms with Crippen LogP contribution in [0.15, 0.2) is 71.3 Å². The van der Waals surface area contributed by atoms with Crippen LogP contribution >= 0.6 is 27.5 Å². The predicted octanol–water partition coefficient (Wildman–Crippen LogP) is 4.45. The summed E-state index contributed by atoms with van der Waals surface area (Å²) in [5.41, 5.74) is 0.789. The molecule has 0 aliphatic rings. The van der Waals surface area contributed by atoms with Gasteiger partial charge >= 0.3 is 0 Å². The minimum Gasteiger partial charge on any atom is -0.439 e. The third-order valence-electron chi connectivity index (χ3n) is 3.85. The molecule has 148 valence electrons. The average molecular weight is 475 g/mol. The van der Waals surface area contributed by atoms with Gasteiger partial charge in [0.25, 0.3) is 11.8 Å². The fraction of sp³-hybridized carbons (Fsp3) is 0.0952. The first-order valence-corrected chi connectivity index (χ1v) is 9.90. The van der Waals surface area contributed by atoms with Gasteiger partial charge in [-0.15, -0.1) is 0 Å². The smallest absolute Gasteiger partial charge is 0.252 e. The number of amides is 2. The maximum atomic E-state index is 12.2. The molecular weight excluding hydrogens is 458 g/mol. The number of carbonyl (C=O) groups excluding carboxylic acids is 2. The van der Waals surface area contributed by atoms with Gasteiger partial charge in [0.1, 0.15) is 5.75 Å². The molecule has 6 nitrogen and oxygen atoms in total. The highest BCUT2D eigenvalue weighted by Crippen LogP contribution is 2.21. The van der Waals surface area contributed by atoms with Crippen molar-refractivity contribution in [1.82, 2.24) is 15.6 Å². The lowest BCUT2D eigenvalue weighted by Gasteiger charge is -2.09. The molecule has 2 amide bonds. The SMILES string of the molecule is O=C(NCCNC(=O)c1ccccc1Cl)c1ccc(Oc2ccc(Br)cc2)nc1. The normalized spacial score (nSPS) is 10.3. The van der Waals surface area contributed by atoms with Gasteiger partial charge in [-0.05, 0) is 42.5 Å². The van der Waals surface area contributed by atoms with Crippen molar-refractivity contribution in [2.75, 3.05) is 13.1 Å². The van der Waals surface area contributed by atoms with Gasteiger partial charge in [-0.25, -0.2) is 4.98 Å². The molecule has 29 heavy (non-hydrogen) atoms. The molecule has 8 heteroatoms. The van der Waals surface area contributed by atoms with E-state index in [1.165, 1.54) is 6.20 Å². The highest BCUT2D eigenvalue weighted by atomic mass is 79.9. The zero-order valence-corrected chi connectivity index (χ0v) is 17.5. The van der Waals surface area contributed by atoms with Gasteiger partial charge in [0.2, 0.25) is 5.88 Å². The maximum Gasteiger partial charge on any atom is 0.252 e. The number of halogens is 2. The van der Waals surface area contributed by atoms with E-state index in [1.54, 1.807) is 36.4 Å². The molecule has 0 saturated heterocycles. The molecule has 3 aromatic rings. The van der Waals surface area contributed by atoms with Crippen LogP contribution in [0.2, 0.25) is 5.02 Å². The Morgan fingerprint density at radius 3 is 2.28 bits per heavy atom. The molecule has 2 N–H and O–H groups in total. The van der Waals surface area contributed by atoms with Gasteiger partial charge in [-0.2, -0.15) is 0 Å². The van der Waals surface area contributed by atoms with Crippen LogP contribution in [0.5, 0.6) is 11.6 Å². The number of hydrogen-bond acceptors (Lipinski definition) is 4. The standard InChI is InChI=1S/C21H17BrClN3O3/c22-15-6-8-16(9-7-15)29-19-10-5-14(13-26-19)20(27)24-11-12-25-21(28)17-3-1-2-4-18(17)23/h1-10,13H,11-12H2,(H,24,27)(H,25,28). The largest absolute Gasteiger partial charge is 0.439 e. The molecule has 0 saturated carbocycles. The predicted molar refractivity (Wildman–Crippen MR) is 115 cm³/mol. The zero-order valence-electron chi connectivity index (χ0n) is 15.2. The fourth-order valence-electron chi connectivity index (χ4n) is 2.39. The number of benzene rings is 2. The number of nitrogens with zero attached hydrogens (tertiary/aromatic N) is 1. The second-order valence-electron chi connectivity index (χ2n) is 5.93. The highest BCUT2D eigenvalue weighted by molar-refractivity contribution is 9.10. The quantitative estimate of drug-likeness (QED) is 0.496. The summed E-state index contributed by atoms with van der Waals surface area (Å²) in [4.78, 5) is 28.4. The lowest BCUT2D eigenvalue weighted by Crippen LogP contribution is -2.34. The van der Waals surface area contributed by atoms with Crippen LogP contribution in [-0.4, -0.2) is 29.9 Å². The molecule has 2 aromatic carbocycles. The number of ether oxygens (including phenoxy) is 1. The highest BCUT2D eigenvalue weighted by Gasteiger charge is 2.10. The van der Waals surface area contributed by atoms with Crippen molar-refractivity contribution in [3.63, 3.8) is 0 Å². The van der Waals surface area contributed by atoms with Crippen LogP contribution in [0.4, 0.5) is 0 Å². The first-order valence-electron chi connectivity index (χ1n) is 8.73. The number of pyridine rings is 1. The van der Waals surface area contributed by atoms with E-state index in [1.807, 2.05) is 24.3 Å². The zero-order chi connectivity index (χ0) is 20.6. The second-order valence-corrected chi connectivity index (χ2v) is 7.26. The Morgan fingerprint density at radius 1 is 0.931 bits per heavy atom. The Morgan fingerprint density at radius 2 is 1.62 bits per heavy atom. The van der Waals surface area contributed by atoms with E-state index >= 15 is 0 Å². The Labute approximate surface area is 181 Å². The van der Waals surface area contributed by atoms with E-state index in [2.05, 4.69) is 31.5 Å². The molecule has 0 unspecified atom stereocenters. The first-order chi connectivity index (χ1) is 14.0. The van der Waals surface area contributed by atoms with Gasteiger partial charge in [0.05, 0.1) is 16.1 Å². The average Bonchev–Trinajstić information content (AvgIpc) is 2.73. The Kier molecular flexibility index (Phi) is 7.21. The van der Waals surface area contributed by atoms with E-state index in [-0.39, 0.29) is 24.9 Å². The summed E-state index contributed by atoms with van der Waals surface area (Å²) in [7, 11) is 0. The molecule has 0 aliphatic carbocycles. The molecule has 3 rings (SSSR count). The summed E-state index contributed by atoms with van der Waals surface area (Å²) in [5.74, 6) is 0.448. The van der Waals surface area contributed by atoms with E-state index in [9.17, 15) is 9.59 Å². The van der Waals surface area contributed by atoms with Crippen LogP contribution in [0, 0.1) is 0 Å². The monoisotopic (exact) mass is 473 g/mol. The van der Waals surface area contributed by atoms with E-state index in [0.29, 0.717) is 27.8 Å². The minimum absolute atomic E-state index is 0.270. The summed E-state index contributed by atoms with van der Waals surface area (Å²) in [6.07, 6.45) is 1.44. The molecule has 0 fully saturated rings. The third-order valence-corrected chi connectivity index (χ3v) is 4.71. The Balaban J connectivity index is 1.45. The van der Waals surface area contributed by atoms with Crippen LogP contribution in [-0.2, 0) is 0 Å². The van der Waals surface area contributed by atoms with Gasteiger partial charge in [0, 0.05) is 29.8 Å². The van der Waals surface area contributed by atoms with Gasteiger partial charge in [0.15, 0.2) is 0 Å². The lowest BCUT2D eigenvalue weighted by atomic mass is 10.2. The number of aromatic nitrogens is 1. The summed E-state index contributed by atoms with van der Waals surface area (Å²) in [5, 5.41) is 5.81. The van der Waals surface area contributed by atoms with Crippen molar-refractivity contribution in [2.45, 2.75) is 0 Å². The van der Waals surface area contributed by atoms with Crippen LogP contribution < -0.4 is 15.4 Å². The maximum absolute atomic E-state index is 12.2. The van der Waals surface area contributed by atoms with Crippen LogP contribution in [0.1, 0.15) is 20.7 Å². The second kappa shape index (κ2) is 10.0. The lowest BCUT2D eigenvalue weighted by molar-refractivity contribution is 0.0927. The van der Waals surface area contributed by atoms with E-state index in [0.717, 1.165) is 4.47 Å². The molecule has 0 bridgehead atoms. The molecule has 1 aromatic heterocycles. The number of hydrogen-bond donors (Lipinski definition) is 2. The molecule has 0 atom stereocenters. The third kappa shape index (κ3) is 6.04. The minimum atomic E-state index is -0.292. The first kappa shape index (κ1) is 20.8. The van der Waals surface area contributed by atoms with Crippen molar-refractivity contribution >= 4 is 39.3 Å². The van der Waals surface area contributed by atoms with E-state index < -0.39 is 0 Å². The van der Waals surface area contributed by atoms with Gasteiger partial charge in [-0.1, -0.05) is 39.7 Å². The fourth-order valence-corrected chi connectivity index (χ4v) is 2.88. The van der Waals surface area contributed by atoms with Crippen LogP contribution in [0.25, 0.3) is 0 Å². The van der Waals surface area contributed by atoms with Crippen molar-refractivity contribution in [3.05, 3.63) is 87.5 Å². The Hall–Kier alpha value is -2.90. The number of carbonyl (C=O) groups is 2. The van der Waals surface area contributed by atoms with Crippen molar-refractivity contribution < 1.29 is 14.3 Å². The summed E-state index contributed by atoms with van der Waals surface area (Å²) < 4.78 is 6.57. The molecule has 0 aliphatic heterocycles. The van der Waals surface area contributed by atoms with Crippen molar-refractivity contribution in [3.8, 4) is 11.6 Å². The van der Waals surface area contributed by atoms with E-state index in [4.69, 9.17) is 16.3 Å². The Bertz CT molecular complexity index is 995. The molecule has 0 radical (unpaired) electrons. The topological polar surface area (TPSA) is 80.3 Å². The molecule has 1 heterocycles. The number of nitrogens with one attached hydrogen (secondary N) is 2. The summed E-state index contributed by atoms with van der Waals surface area (Å²) >= 11 is 9.34. The van der Waals surface area contributed by atoms with Gasteiger partial charge < -0.3 is 15.4 Å². The van der Waals surface area contributed by atoms with Crippen molar-refractivity contribution in [2.24, 2.45) is 0 Å². The van der Waals surface area contributed by atoms with Crippen molar-refractivity contribution in [1.29, 1.82) is 0 Å². The van der Waals surface area contributed by atoms with Gasteiger partial charge in [-0.3, -0.25) is 9.59 Å². The van der Waals surface area contributed by atoms with Crippen LogP contribution in [0.3, 0.4) is 0 Å². The molecular formula is C21H17BrClN3O3. The summed E-state index contributed by atoms with van der Waals surface area (Å²) in [6, 6.07) is 17.4. The summed E-state index contributed by atoms with van der Waals surface area (Å²) in [6.45, 7) is 0.542. The molecule has 0 spiro atoms. The number of rotatable bonds is 7.